The van der Waals surface area contributed by atoms with E-state index in [1.54, 1.807) is 19.2 Å². The van der Waals surface area contributed by atoms with Crippen LogP contribution in [0.15, 0.2) is 12.3 Å². The number of carbonyl (C=O) groups excluding carboxylic acids is 1. The normalized spacial score (nSPS) is 10.3. The molecule has 0 bridgehead atoms. The van der Waals surface area contributed by atoms with Crippen molar-refractivity contribution >= 4 is 11.9 Å². The van der Waals surface area contributed by atoms with Gasteiger partial charge in [-0.25, -0.2) is 9.67 Å². The van der Waals surface area contributed by atoms with Crippen molar-refractivity contribution in [2.24, 2.45) is 5.73 Å². The maximum Gasteiger partial charge on any atom is 0.248 e. The van der Waals surface area contributed by atoms with Gasteiger partial charge in [-0.3, -0.25) is 10.1 Å². The number of rotatable bonds is 5. The van der Waals surface area contributed by atoms with Crippen LogP contribution in [-0.4, -0.2) is 38.0 Å². The number of methoxy groups -OCH3 is 1. The van der Waals surface area contributed by atoms with Gasteiger partial charge in [0.2, 0.25) is 17.7 Å². The molecule has 0 fully saturated rings. The lowest BCUT2D eigenvalue weighted by Gasteiger charge is -2.06. The molecule has 0 aliphatic heterocycles. The minimum absolute atomic E-state index is 0.00656. The first kappa shape index (κ1) is 13.9. The molecule has 0 spiro atoms. The van der Waals surface area contributed by atoms with Gasteiger partial charge < -0.3 is 10.5 Å². The zero-order chi connectivity index (χ0) is 14.5. The minimum Gasteiger partial charge on any atom is -0.481 e. The van der Waals surface area contributed by atoms with Gasteiger partial charge in [0, 0.05) is 18.3 Å². The number of carbonyl (C=O) groups is 1. The van der Waals surface area contributed by atoms with Gasteiger partial charge in [0.05, 0.1) is 19.0 Å². The van der Waals surface area contributed by atoms with E-state index in [4.69, 9.17) is 10.5 Å². The average molecular weight is 277 g/mol. The molecule has 0 radical (unpaired) electrons. The van der Waals surface area contributed by atoms with Crippen LogP contribution < -0.4 is 15.8 Å². The summed E-state index contributed by atoms with van der Waals surface area (Å²) in [5.41, 5.74) is 6.73. The summed E-state index contributed by atoms with van der Waals surface area (Å²) in [5.74, 6) is 0.260. The van der Waals surface area contributed by atoms with E-state index in [0.717, 1.165) is 0 Å². The van der Waals surface area contributed by atoms with Gasteiger partial charge in [-0.15, -0.1) is 5.10 Å². The second-order valence-corrected chi connectivity index (χ2v) is 4.04. The van der Waals surface area contributed by atoms with Crippen molar-refractivity contribution in [1.82, 2.24) is 25.0 Å². The molecule has 0 saturated heterocycles. The zero-order valence-corrected chi connectivity index (χ0v) is 11.2. The van der Waals surface area contributed by atoms with Crippen LogP contribution >= 0.6 is 0 Å². The first-order chi connectivity index (χ1) is 9.60. The standard InChI is InChI=1S/C11H15N7O2/c1-7-3-10(20-2)15-11(13-7)14-9(19)6-18-5-8(4-12)16-17-18/h3,5H,4,6,12H2,1-2H3,(H,13,14,15,19). The van der Waals surface area contributed by atoms with Crippen LogP contribution in [0.4, 0.5) is 5.95 Å². The summed E-state index contributed by atoms with van der Waals surface area (Å²) in [5, 5.41) is 10.1. The second-order valence-electron chi connectivity index (χ2n) is 4.04. The summed E-state index contributed by atoms with van der Waals surface area (Å²) < 4.78 is 6.40. The zero-order valence-electron chi connectivity index (χ0n) is 11.2. The number of nitrogens with one attached hydrogen (secondary N) is 1. The van der Waals surface area contributed by atoms with Crippen LogP contribution in [0.2, 0.25) is 0 Å². The van der Waals surface area contributed by atoms with Gasteiger partial charge in [0.15, 0.2) is 0 Å². The molecule has 0 unspecified atom stereocenters. The van der Waals surface area contributed by atoms with Crippen molar-refractivity contribution in [3.8, 4) is 5.88 Å². The Morgan fingerprint density at radius 2 is 2.30 bits per heavy atom. The molecule has 0 atom stereocenters. The van der Waals surface area contributed by atoms with Crippen LogP contribution in [0.25, 0.3) is 0 Å². The van der Waals surface area contributed by atoms with E-state index in [1.165, 1.54) is 11.8 Å². The molecule has 3 N–H and O–H groups in total. The number of hydrogen-bond donors (Lipinski definition) is 2. The van der Waals surface area contributed by atoms with E-state index in [1.807, 2.05) is 0 Å². The topological polar surface area (TPSA) is 121 Å². The van der Waals surface area contributed by atoms with Gasteiger partial charge in [-0.05, 0) is 6.92 Å². The molecule has 2 rings (SSSR count). The summed E-state index contributed by atoms with van der Waals surface area (Å²) in [6.07, 6.45) is 1.61. The fraction of sp³-hybridized carbons (Fsp3) is 0.364. The van der Waals surface area contributed by atoms with Gasteiger partial charge in [-0.1, -0.05) is 5.21 Å². The minimum atomic E-state index is -0.314. The monoisotopic (exact) mass is 277 g/mol. The number of nitrogens with zero attached hydrogens (tertiary/aromatic N) is 5. The summed E-state index contributed by atoms with van der Waals surface area (Å²) in [6.45, 7) is 2.07. The second kappa shape index (κ2) is 6.06. The highest BCUT2D eigenvalue weighted by molar-refractivity contribution is 5.88. The van der Waals surface area contributed by atoms with Gasteiger partial charge in [0.1, 0.15) is 6.54 Å². The lowest BCUT2D eigenvalue weighted by molar-refractivity contribution is -0.117. The average Bonchev–Trinajstić information content (AvgIpc) is 2.85. The number of amides is 1. The Bertz CT molecular complexity index is 611. The number of ether oxygens (including phenoxy) is 1. The molecule has 20 heavy (non-hydrogen) atoms. The quantitative estimate of drug-likeness (QED) is 0.754. The smallest absolute Gasteiger partial charge is 0.248 e. The van der Waals surface area contributed by atoms with E-state index in [9.17, 15) is 4.79 Å². The number of nitrogens with two attached hydrogens (primary N) is 1. The fourth-order valence-electron chi connectivity index (χ4n) is 1.52. The predicted molar refractivity (Wildman–Crippen MR) is 69.9 cm³/mol. The Hall–Kier alpha value is -2.55. The van der Waals surface area contributed by atoms with Crippen molar-refractivity contribution in [3.63, 3.8) is 0 Å². The van der Waals surface area contributed by atoms with E-state index < -0.39 is 0 Å². The summed E-state index contributed by atoms with van der Waals surface area (Å²) in [6, 6.07) is 1.67. The molecule has 0 aliphatic carbocycles. The lowest BCUT2D eigenvalue weighted by atomic mass is 10.4. The number of aromatic nitrogens is 5. The molecular weight excluding hydrogens is 262 g/mol. The Labute approximate surface area is 115 Å². The first-order valence-electron chi connectivity index (χ1n) is 5.89. The Balaban J connectivity index is 2.02. The van der Waals surface area contributed by atoms with Crippen molar-refractivity contribution in [2.45, 2.75) is 20.0 Å². The maximum atomic E-state index is 11.8. The van der Waals surface area contributed by atoms with Crippen LogP contribution in [0.1, 0.15) is 11.4 Å². The molecular formula is C11H15N7O2. The lowest BCUT2D eigenvalue weighted by Crippen LogP contribution is -2.20. The molecule has 0 aliphatic rings. The van der Waals surface area contributed by atoms with Crippen molar-refractivity contribution < 1.29 is 9.53 Å². The fourth-order valence-corrected chi connectivity index (χ4v) is 1.52. The highest BCUT2D eigenvalue weighted by Crippen LogP contribution is 2.11. The summed E-state index contributed by atoms with van der Waals surface area (Å²) in [4.78, 5) is 20.0. The molecule has 9 heteroatoms. The summed E-state index contributed by atoms with van der Waals surface area (Å²) >= 11 is 0. The van der Waals surface area contributed by atoms with E-state index in [2.05, 4.69) is 25.6 Å². The van der Waals surface area contributed by atoms with Gasteiger partial charge in [-0.2, -0.15) is 4.98 Å². The molecule has 0 aromatic carbocycles. The molecule has 106 valence electrons. The van der Waals surface area contributed by atoms with Gasteiger partial charge in [0.25, 0.3) is 0 Å². The van der Waals surface area contributed by atoms with Crippen molar-refractivity contribution in [1.29, 1.82) is 0 Å². The highest BCUT2D eigenvalue weighted by Gasteiger charge is 2.09. The molecule has 0 saturated carbocycles. The molecule has 2 aromatic rings. The third kappa shape index (κ3) is 3.48. The highest BCUT2D eigenvalue weighted by atomic mass is 16.5. The number of hydrogen-bond acceptors (Lipinski definition) is 7. The Morgan fingerprint density at radius 1 is 1.50 bits per heavy atom. The van der Waals surface area contributed by atoms with Crippen molar-refractivity contribution in [2.75, 3.05) is 12.4 Å². The Kier molecular flexibility index (Phi) is 4.20. The Morgan fingerprint density at radius 3 is 2.95 bits per heavy atom. The first-order valence-corrected chi connectivity index (χ1v) is 5.89. The third-order valence-electron chi connectivity index (χ3n) is 2.39. The maximum absolute atomic E-state index is 11.8. The SMILES string of the molecule is COc1cc(C)nc(NC(=O)Cn2cc(CN)nn2)n1. The molecule has 2 aromatic heterocycles. The number of anilines is 1. The third-order valence-corrected chi connectivity index (χ3v) is 2.39. The van der Waals surface area contributed by atoms with Crippen LogP contribution in [0.5, 0.6) is 5.88 Å². The molecule has 9 nitrogen and oxygen atoms in total. The van der Waals surface area contributed by atoms with Crippen LogP contribution in [0.3, 0.4) is 0 Å². The van der Waals surface area contributed by atoms with Crippen LogP contribution in [0, 0.1) is 6.92 Å². The summed E-state index contributed by atoms with van der Waals surface area (Å²) in [7, 11) is 1.50. The van der Waals surface area contributed by atoms with Crippen LogP contribution in [-0.2, 0) is 17.9 Å². The van der Waals surface area contributed by atoms with Crippen molar-refractivity contribution in [3.05, 3.63) is 23.7 Å². The number of aryl methyl sites for hydroxylation is 1. The molecule has 2 heterocycles. The largest absolute Gasteiger partial charge is 0.481 e. The van der Waals surface area contributed by atoms with E-state index in [0.29, 0.717) is 17.3 Å². The predicted octanol–water partition coefficient (Wildman–Crippen LogP) is -0.517. The van der Waals surface area contributed by atoms with E-state index >= 15 is 0 Å². The van der Waals surface area contributed by atoms with E-state index in [-0.39, 0.29) is 24.9 Å². The van der Waals surface area contributed by atoms with Gasteiger partial charge >= 0.3 is 0 Å². The molecule has 1 amide bonds.